The van der Waals surface area contributed by atoms with Crippen LogP contribution in [0.2, 0.25) is 0 Å². The molecule has 0 bridgehead atoms. The van der Waals surface area contributed by atoms with Crippen LogP contribution < -0.4 is 4.74 Å². The number of halogens is 2. The maximum Gasteiger partial charge on any atom is 0.316 e. The molecular weight excluding hydrogens is 270 g/mol. The molecule has 6 heteroatoms. The van der Waals surface area contributed by atoms with Crippen molar-refractivity contribution in [3.8, 4) is 5.75 Å². The number of benzene rings is 1. The molecule has 4 nitrogen and oxygen atoms in total. The molecule has 0 saturated heterocycles. The monoisotopic (exact) mass is 286 g/mol. The summed E-state index contributed by atoms with van der Waals surface area (Å²) in [7, 11) is 1.22. The molecule has 110 valence electrons. The Morgan fingerprint density at radius 2 is 1.90 bits per heavy atom. The second kappa shape index (κ2) is 6.98. The van der Waals surface area contributed by atoms with Gasteiger partial charge in [-0.2, -0.15) is 4.39 Å². The van der Waals surface area contributed by atoms with Crippen LogP contribution in [0, 0.1) is 17.6 Å². The van der Waals surface area contributed by atoms with Gasteiger partial charge in [0.1, 0.15) is 11.7 Å². The number of methoxy groups -OCH3 is 1. The third-order valence-electron chi connectivity index (χ3n) is 2.83. The Hall–Kier alpha value is -1.98. The standard InChI is InChI=1S/C14H16F2O4/c1-4-20-14(18)10(8(2)17)7-9-5-6-11(19-3)13(16)12(9)15/h5-6,10H,4,7H2,1-3H3. The van der Waals surface area contributed by atoms with Gasteiger partial charge >= 0.3 is 5.97 Å². The summed E-state index contributed by atoms with van der Waals surface area (Å²) in [4.78, 5) is 23.1. The number of carbonyl (C=O) groups excluding carboxylic acids is 2. The fourth-order valence-corrected chi connectivity index (χ4v) is 1.74. The molecule has 20 heavy (non-hydrogen) atoms. The summed E-state index contributed by atoms with van der Waals surface area (Å²) < 4.78 is 36.8. The molecule has 0 radical (unpaired) electrons. The lowest BCUT2D eigenvalue weighted by Crippen LogP contribution is -2.27. The summed E-state index contributed by atoms with van der Waals surface area (Å²) in [6, 6.07) is 2.53. The van der Waals surface area contributed by atoms with Crippen molar-refractivity contribution in [3.63, 3.8) is 0 Å². The topological polar surface area (TPSA) is 52.6 Å². The first-order valence-corrected chi connectivity index (χ1v) is 6.10. The summed E-state index contributed by atoms with van der Waals surface area (Å²) in [5, 5.41) is 0. The summed E-state index contributed by atoms with van der Waals surface area (Å²) in [5.41, 5.74) is -0.0726. The van der Waals surface area contributed by atoms with E-state index in [0.717, 1.165) is 0 Å². The van der Waals surface area contributed by atoms with Crippen molar-refractivity contribution in [2.24, 2.45) is 5.92 Å². The highest BCUT2D eigenvalue weighted by atomic mass is 19.2. The van der Waals surface area contributed by atoms with E-state index in [9.17, 15) is 18.4 Å². The van der Waals surface area contributed by atoms with Crippen LogP contribution in [0.4, 0.5) is 8.78 Å². The van der Waals surface area contributed by atoms with Crippen molar-refractivity contribution in [1.29, 1.82) is 0 Å². The molecule has 0 aliphatic carbocycles. The van der Waals surface area contributed by atoms with E-state index in [4.69, 9.17) is 4.74 Å². The second-order valence-corrected chi connectivity index (χ2v) is 4.17. The Morgan fingerprint density at radius 3 is 2.40 bits per heavy atom. The molecule has 0 aliphatic heterocycles. The van der Waals surface area contributed by atoms with Crippen molar-refractivity contribution >= 4 is 11.8 Å². The van der Waals surface area contributed by atoms with Crippen LogP contribution >= 0.6 is 0 Å². The minimum Gasteiger partial charge on any atom is -0.494 e. The molecular formula is C14H16F2O4. The number of esters is 1. The predicted octanol–water partition coefficient (Wildman–Crippen LogP) is 2.28. The van der Waals surface area contributed by atoms with Crippen molar-refractivity contribution < 1.29 is 27.8 Å². The molecule has 0 saturated carbocycles. The summed E-state index contributed by atoms with van der Waals surface area (Å²) in [5.74, 6) is -4.84. The fourth-order valence-electron chi connectivity index (χ4n) is 1.74. The number of hydrogen-bond donors (Lipinski definition) is 0. The lowest BCUT2D eigenvalue weighted by molar-refractivity contribution is -0.151. The van der Waals surface area contributed by atoms with Crippen molar-refractivity contribution in [2.45, 2.75) is 20.3 Å². The maximum atomic E-state index is 13.8. The molecule has 1 rings (SSSR count). The van der Waals surface area contributed by atoms with Gasteiger partial charge in [0.05, 0.1) is 13.7 Å². The zero-order valence-electron chi connectivity index (χ0n) is 11.5. The Morgan fingerprint density at radius 1 is 1.25 bits per heavy atom. The zero-order valence-corrected chi connectivity index (χ0v) is 11.5. The number of rotatable bonds is 6. The normalized spacial score (nSPS) is 11.8. The number of Topliss-reactive ketones (excluding diaryl/α,β-unsaturated/α-hetero) is 1. The largest absolute Gasteiger partial charge is 0.494 e. The minimum atomic E-state index is -1.14. The van der Waals surface area contributed by atoms with Gasteiger partial charge in [-0.15, -0.1) is 0 Å². The SMILES string of the molecule is CCOC(=O)C(Cc1ccc(OC)c(F)c1F)C(C)=O. The van der Waals surface area contributed by atoms with Gasteiger partial charge < -0.3 is 9.47 Å². The van der Waals surface area contributed by atoms with E-state index >= 15 is 0 Å². The van der Waals surface area contributed by atoms with Crippen LogP contribution in [0.15, 0.2) is 12.1 Å². The van der Waals surface area contributed by atoms with Gasteiger partial charge in [0.2, 0.25) is 5.82 Å². The first-order chi connectivity index (χ1) is 9.42. The van der Waals surface area contributed by atoms with E-state index in [1.54, 1.807) is 6.92 Å². The molecule has 0 aliphatic rings. The van der Waals surface area contributed by atoms with Gasteiger partial charge in [0, 0.05) is 0 Å². The third kappa shape index (κ3) is 3.53. The van der Waals surface area contributed by atoms with Crippen LogP contribution in [-0.4, -0.2) is 25.5 Å². The van der Waals surface area contributed by atoms with Gasteiger partial charge in [0.25, 0.3) is 0 Å². The van der Waals surface area contributed by atoms with Gasteiger partial charge in [-0.25, -0.2) is 4.39 Å². The summed E-state index contributed by atoms with van der Waals surface area (Å²) >= 11 is 0. The third-order valence-corrected chi connectivity index (χ3v) is 2.83. The number of ether oxygens (including phenoxy) is 2. The molecule has 0 fully saturated rings. The summed E-state index contributed by atoms with van der Waals surface area (Å²) in [6.07, 6.45) is -0.249. The Labute approximate surface area is 115 Å². The molecule has 0 aromatic heterocycles. The molecule has 1 aromatic carbocycles. The van der Waals surface area contributed by atoms with Gasteiger partial charge in [-0.3, -0.25) is 9.59 Å². The van der Waals surface area contributed by atoms with E-state index < -0.39 is 29.3 Å². The Bertz CT molecular complexity index is 514. The average Bonchev–Trinajstić information content (AvgIpc) is 2.40. The fraction of sp³-hybridized carbons (Fsp3) is 0.429. The Balaban J connectivity index is 3.03. The highest BCUT2D eigenvalue weighted by Gasteiger charge is 2.27. The predicted molar refractivity (Wildman–Crippen MR) is 67.4 cm³/mol. The molecule has 0 N–H and O–H groups in total. The Kier molecular flexibility index (Phi) is 5.61. The minimum absolute atomic E-state index is 0.0726. The van der Waals surface area contributed by atoms with Gasteiger partial charge in [-0.05, 0) is 31.9 Å². The highest BCUT2D eigenvalue weighted by Crippen LogP contribution is 2.24. The number of carbonyl (C=O) groups is 2. The van der Waals surface area contributed by atoms with E-state index in [2.05, 4.69) is 4.74 Å². The quantitative estimate of drug-likeness (QED) is 0.594. The van der Waals surface area contributed by atoms with Gasteiger partial charge in [-0.1, -0.05) is 6.07 Å². The first kappa shape index (κ1) is 16.1. The lowest BCUT2D eigenvalue weighted by atomic mass is 9.95. The number of ketones is 1. The van der Waals surface area contributed by atoms with Crippen LogP contribution in [0.1, 0.15) is 19.4 Å². The summed E-state index contributed by atoms with van der Waals surface area (Å²) in [6.45, 7) is 2.92. The molecule has 1 atom stereocenters. The van der Waals surface area contributed by atoms with Crippen molar-refractivity contribution in [2.75, 3.05) is 13.7 Å². The molecule has 0 spiro atoms. The molecule has 0 heterocycles. The average molecular weight is 286 g/mol. The lowest BCUT2D eigenvalue weighted by Gasteiger charge is -2.14. The zero-order chi connectivity index (χ0) is 15.3. The highest BCUT2D eigenvalue weighted by molar-refractivity contribution is 5.98. The van der Waals surface area contributed by atoms with Gasteiger partial charge in [0.15, 0.2) is 11.6 Å². The van der Waals surface area contributed by atoms with Crippen LogP contribution in [0.25, 0.3) is 0 Å². The van der Waals surface area contributed by atoms with E-state index in [-0.39, 0.29) is 24.3 Å². The smallest absolute Gasteiger partial charge is 0.316 e. The van der Waals surface area contributed by atoms with Crippen LogP contribution in [0.5, 0.6) is 5.75 Å². The molecule has 1 aromatic rings. The van der Waals surface area contributed by atoms with Crippen LogP contribution in [0.3, 0.4) is 0 Å². The second-order valence-electron chi connectivity index (χ2n) is 4.17. The van der Waals surface area contributed by atoms with E-state index in [0.29, 0.717) is 0 Å². The van der Waals surface area contributed by atoms with Crippen LogP contribution in [-0.2, 0) is 20.7 Å². The molecule has 0 amide bonds. The number of hydrogen-bond acceptors (Lipinski definition) is 4. The van der Waals surface area contributed by atoms with E-state index in [1.807, 2.05) is 0 Å². The van der Waals surface area contributed by atoms with Crippen molar-refractivity contribution in [3.05, 3.63) is 29.3 Å². The van der Waals surface area contributed by atoms with E-state index in [1.165, 1.54) is 26.2 Å². The maximum absolute atomic E-state index is 13.8. The van der Waals surface area contributed by atoms with Crippen molar-refractivity contribution in [1.82, 2.24) is 0 Å². The molecule has 1 unspecified atom stereocenters. The first-order valence-electron chi connectivity index (χ1n) is 6.10.